The van der Waals surface area contributed by atoms with Gasteiger partial charge in [0.05, 0.1) is 0 Å². The Kier molecular flexibility index (Phi) is 32.9. The SMILES string of the molecule is CCC=CCC=CCC=CCC=CCC=CCCCC(=O)OC(C)COC(=O)CCCCC=CCC=CCC=CCCCCC. The van der Waals surface area contributed by atoms with Gasteiger partial charge in [0.1, 0.15) is 12.7 Å². The maximum Gasteiger partial charge on any atom is 0.306 e. The molecule has 1 unspecified atom stereocenters. The van der Waals surface area contributed by atoms with Crippen LogP contribution in [0, 0.1) is 0 Å². The molecule has 1 atom stereocenters. The number of rotatable bonds is 29. The molecule has 0 saturated carbocycles. The quantitative estimate of drug-likeness (QED) is 0.0474. The smallest absolute Gasteiger partial charge is 0.306 e. The molecule has 0 radical (unpaired) electrons. The number of allylic oxidation sites excluding steroid dienone is 16. The molecule has 45 heavy (non-hydrogen) atoms. The van der Waals surface area contributed by atoms with Crippen LogP contribution in [0.25, 0.3) is 0 Å². The zero-order valence-electron chi connectivity index (χ0n) is 28.9. The lowest BCUT2D eigenvalue weighted by atomic mass is 10.1. The van der Waals surface area contributed by atoms with Crippen molar-refractivity contribution in [3.05, 3.63) is 97.2 Å². The van der Waals surface area contributed by atoms with E-state index in [9.17, 15) is 9.59 Å². The number of hydrogen-bond donors (Lipinski definition) is 0. The van der Waals surface area contributed by atoms with E-state index < -0.39 is 6.10 Å². The van der Waals surface area contributed by atoms with Gasteiger partial charge in [-0.05, 0) is 96.8 Å². The summed E-state index contributed by atoms with van der Waals surface area (Å²) in [6.07, 6.45) is 51.7. The Bertz CT molecular complexity index is 929. The molecule has 0 amide bonds. The molecule has 0 aliphatic rings. The first-order chi connectivity index (χ1) is 22.1. The van der Waals surface area contributed by atoms with Crippen LogP contribution < -0.4 is 0 Å². The van der Waals surface area contributed by atoms with Crippen molar-refractivity contribution in [2.24, 2.45) is 0 Å². The molecule has 0 rings (SSSR count). The Morgan fingerprint density at radius 2 is 0.889 bits per heavy atom. The minimum absolute atomic E-state index is 0.111. The van der Waals surface area contributed by atoms with Crippen LogP contribution in [-0.4, -0.2) is 24.6 Å². The second-order valence-electron chi connectivity index (χ2n) is 11.2. The lowest BCUT2D eigenvalue weighted by molar-refractivity contribution is -0.158. The molecule has 4 heteroatoms. The molecular weight excluding hydrogens is 556 g/mol. The summed E-state index contributed by atoms with van der Waals surface area (Å²) in [5, 5.41) is 0. The Morgan fingerprint density at radius 3 is 1.36 bits per heavy atom. The molecular formula is C41H64O4. The number of esters is 2. The van der Waals surface area contributed by atoms with Crippen LogP contribution in [-0.2, 0) is 19.1 Å². The molecule has 252 valence electrons. The largest absolute Gasteiger partial charge is 0.462 e. The van der Waals surface area contributed by atoms with E-state index >= 15 is 0 Å². The highest BCUT2D eigenvalue weighted by molar-refractivity contribution is 5.70. The fourth-order valence-electron chi connectivity index (χ4n) is 4.15. The third-order valence-electron chi connectivity index (χ3n) is 6.74. The highest BCUT2D eigenvalue weighted by Gasteiger charge is 2.11. The van der Waals surface area contributed by atoms with Crippen molar-refractivity contribution < 1.29 is 19.1 Å². The van der Waals surface area contributed by atoms with Crippen molar-refractivity contribution in [3.63, 3.8) is 0 Å². The van der Waals surface area contributed by atoms with E-state index in [2.05, 4.69) is 111 Å². The van der Waals surface area contributed by atoms with Gasteiger partial charge in [-0.15, -0.1) is 0 Å². The Labute approximate surface area is 276 Å². The fourth-order valence-corrected chi connectivity index (χ4v) is 4.15. The summed E-state index contributed by atoms with van der Waals surface area (Å²) in [7, 11) is 0. The standard InChI is InChI=1S/C41H64O4/c1-4-6-8-10-12-14-16-18-20-21-23-25-27-29-31-33-35-37-41(43)45-39(3)38-44-40(42)36-34-32-30-28-26-24-22-19-17-15-13-11-9-7-5-2/h6,8,12-15,18-20,22-23,25-26,28-29,31,39H,4-5,7,9-11,16-17,21,24,27,30,32-38H2,1-3H3. The minimum Gasteiger partial charge on any atom is -0.462 e. The Hall–Kier alpha value is -3.14. The maximum atomic E-state index is 12.1. The van der Waals surface area contributed by atoms with Crippen molar-refractivity contribution in [1.29, 1.82) is 0 Å². The van der Waals surface area contributed by atoms with Gasteiger partial charge >= 0.3 is 11.9 Å². The van der Waals surface area contributed by atoms with Crippen LogP contribution in [0.3, 0.4) is 0 Å². The van der Waals surface area contributed by atoms with E-state index in [-0.39, 0.29) is 18.5 Å². The first kappa shape index (κ1) is 41.9. The molecule has 0 aromatic rings. The minimum atomic E-state index is -0.428. The Morgan fingerprint density at radius 1 is 0.489 bits per heavy atom. The molecule has 0 N–H and O–H groups in total. The Balaban J connectivity index is 3.69. The summed E-state index contributed by atoms with van der Waals surface area (Å²) < 4.78 is 10.7. The first-order valence-corrected chi connectivity index (χ1v) is 17.6. The van der Waals surface area contributed by atoms with Gasteiger partial charge in [0, 0.05) is 12.8 Å². The van der Waals surface area contributed by atoms with Crippen molar-refractivity contribution >= 4 is 11.9 Å². The second-order valence-corrected chi connectivity index (χ2v) is 11.2. The molecule has 4 nitrogen and oxygen atoms in total. The summed E-state index contributed by atoms with van der Waals surface area (Å²) in [6.45, 7) is 6.25. The van der Waals surface area contributed by atoms with E-state index in [0.29, 0.717) is 12.8 Å². The highest BCUT2D eigenvalue weighted by Crippen LogP contribution is 2.06. The van der Waals surface area contributed by atoms with Gasteiger partial charge in [-0.25, -0.2) is 0 Å². The lowest BCUT2D eigenvalue weighted by Gasteiger charge is -2.13. The lowest BCUT2D eigenvalue weighted by Crippen LogP contribution is -2.22. The van der Waals surface area contributed by atoms with Crippen molar-refractivity contribution in [2.75, 3.05) is 6.61 Å². The number of carbonyl (C=O) groups is 2. The molecule has 0 fully saturated rings. The average molecular weight is 621 g/mol. The van der Waals surface area contributed by atoms with Gasteiger partial charge in [0.25, 0.3) is 0 Å². The topological polar surface area (TPSA) is 52.6 Å². The van der Waals surface area contributed by atoms with Crippen LogP contribution >= 0.6 is 0 Å². The average Bonchev–Trinajstić information content (AvgIpc) is 3.03. The van der Waals surface area contributed by atoms with Gasteiger partial charge < -0.3 is 9.47 Å². The number of unbranched alkanes of at least 4 members (excludes halogenated alkanes) is 6. The second kappa shape index (κ2) is 35.3. The van der Waals surface area contributed by atoms with Crippen molar-refractivity contribution in [2.45, 2.75) is 142 Å². The van der Waals surface area contributed by atoms with Crippen LogP contribution in [0.15, 0.2) is 97.2 Å². The first-order valence-electron chi connectivity index (χ1n) is 17.6. The van der Waals surface area contributed by atoms with Crippen LogP contribution in [0.5, 0.6) is 0 Å². The zero-order chi connectivity index (χ0) is 32.9. The predicted octanol–water partition coefficient (Wildman–Crippen LogP) is 12.0. The van der Waals surface area contributed by atoms with Crippen LogP contribution in [0.4, 0.5) is 0 Å². The van der Waals surface area contributed by atoms with Gasteiger partial charge in [-0.2, -0.15) is 0 Å². The number of ether oxygens (including phenoxy) is 2. The molecule has 0 aliphatic carbocycles. The summed E-state index contributed by atoms with van der Waals surface area (Å²) in [6, 6.07) is 0. The molecule has 0 bridgehead atoms. The fraction of sp³-hybridized carbons (Fsp3) is 0.561. The van der Waals surface area contributed by atoms with Gasteiger partial charge in [0.15, 0.2) is 0 Å². The van der Waals surface area contributed by atoms with Gasteiger partial charge in [-0.1, -0.05) is 124 Å². The van der Waals surface area contributed by atoms with E-state index in [1.807, 2.05) is 0 Å². The van der Waals surface area contributed by atoms with E-state index in [1.165, 1.54) is 25.7 Å². The summed E-state index contributed by atoms with van der Waals surface area (Å²) in [5.41, 5.74) is 0. The molecule has 0 aromatic heterocycles. The molecule has 0 heterocycles. The number of carbonyl (C=O) groups excluding carboxylic acids is 2. The highest BCUT2D eigenvalue weighted by atomic mass is 16.6. The van der Waals surface area contributed by atoms with Gasteiger partial charge in [0.2, 0.25) is 0 Å². The molecule has 0 aromatic carbocycles. The van der Waals surface area contributed by atoms with Crippen molar-refractivity contribution in [3.8, 4) is 0 Å². The van der Waals surface area contributed by atoms with E-state index in [4.69, 9.17) is 9.47 Å². The zero-order valence-corrected chi connectivity index (χ0v) is 28.9. The summed E-state index contributed by atoms with van der Waals surface area (Å²) >= 11 is 0. The monoisotopic (exact) mass is 620 g/mol. The van der Waals surface area contributed by atoms with Crippen LogP contribution in [0.1, 0.15) is 136 Å². The van der Waals surface area contributed by atoms with Crippen molar-refractivity contribution in [1.82, 2.24) is 0 Å². The molecule has 0 spiro atoms. The number of hydrogen-bond acceptors (Lipinski definition) is 4. The van der Waals surface area contributed by atoms with Crippen LogP contribution in [0.2, 0.25) is 0 Å². The molecule has 0 saturated heterocycles. The van der Waals surface area contributed by atoms with E-state index in [0.717, 1.165) is 77.0 Å². The van der Waals surface area contributed by atoms with Gasteiger partial charge in [-0.3, -0.25) is 9.59 Å². The molecule has 0 aliphatic heterocycles. The maximum absolute atomic E-state index is 12.1. The summed E-state index contributed by atoms with van der Waals surface area (Å²) in [5.74, 6) is -0.475. The third kappa shape index (κ3) is 35.2. The predicted molar refractivity (Wildman–Crippen MR) is 194 cm³/mol. The van der Waals surface area contributed by atoms with E-state index in [1.54, 1.807) is 6.92 Å². The normalized spacial score (nSPS) is 13.4. The third-order valence-corrected chi connectivity index (χ3v) is 6.74. The summed E-state index contributed by atoms with van der Waals surface area (Å²) in [4.78, 5) is 24.1.